The molecule has 0 saturated heterocycles. The van der Waals surface area contributed by atoms with Crippen LogP contribution >= 0.6 is 15.9 Å². The molecule has 0 aliphatic heterocycles. The fourth-order valence-electron chi connectivity index (χ4n) is 0.882. The van der Waals surface area contributed by atoms with Crippen molar-refractivity contribution < 1.29 is 0 Å². The van der Waals surface area contributed by atoms with Crippen LogP contribution in [-0.4, -0.2) is 24.6 Å². The number of hydrogen-bond acceptors (Lipinski definition) is 3. The number of rotatable bonds is 4. The third-order valence-electron chi connectivity index (χ3n) is 1.81. The van der Waals surface area contributed by atoms with E-state index in [1.165, 1.54) is 0 Å². The molecule has 1 heterocycles. The fraction of sp³-hybridized carbons (Fsp3) is 0.444. The molecule has 0 radical (unpaired) electrons. The van der Waals surface area contributed by atoms with Crippen LogP contribution in [0.25, 0.3) is 0 Å². The van der Waals surface area contributed by atoms with Gasteiger partial charge in [0, 0.05) is 23.3 Å². The minimum absolute atomic E-state index is 0.457. The molecule has 3 nitrogen and oxygen atoms in total. The summed E-state index contributed by atoms with van der Waals surface area (Å²) in [6.07, 6.45) is 3.58. The lowest BCUT2D eigenvalue weighted by Crippen LogP contribution is -2.29. The number of anilines is 1. The van der Waals surface area contributed by atoms with E-state index in [9.17, 15) is 0 Å². The molecule has 1 unspecified atom stereocenters. The molecule has 13 heavy (non-hydrogen) atoms. The maximum Gasteiger partial charge on any atom is 0.0538 e. The minimum atomic E-state index is 0.457. The van der Waals surface area contributed by atoms with Crippen LogP contribution < -0.4 is 10.6 Å². The van der Waals surface area contributed by atoms with Crippen molar-refractivity contribution in [3.8, 4) is 0 Å². The fourth-order valence-corrected chi connectivity index (χ4v) is 1.25. The first kappa shape index (κ1) is 10.5. The monoisotopic (exact) mass is 243 g/mol. The second-order valence-electron chi connectivity index (χ2n) is 2.96. The largest absolute Gasteiger partial charge is 0.382 e. The molecule has 1 aromatic rings. The molecule has 1 aromatic heterocycles. The van der Waals surface area contributed by atoms with Gasteiger partial charge in [0.15, 0.2) is 0 Å². The van der Waals surface area contributed by atoms with E-state index in [0.29, 0.717) is 6.04 Å². The Morgan fingerprint density at radius 1 is 1.54 bits per heavy atom. The van der Waals surface area contributed by atoms with Crippen molar-refractivity contribution in [2.75, 3.05) is 18.9 Å². The molecule has 2 N–H and O–H groups in total. The van der Waals surface area contributed by atoms with Crippen molar-refractivity contribution in [1.29, 1.82) is 0 Å². The van der Waals surface area contributed by atoms with Crippen LogP contribution in [0, 0.1) is 0 Å². The number of likely N-dealkylation sites (N-methyl/N-ethyl adjacent to an activating group) is 1. The molecule has 0 spiro atoms. The van der Waals surface area contributed by atoms with Crippen molar-refractivity contribution in [1.82, 2.24) is 10.3 Å². The van der Waals surface area contributed by atoms with Crippen molar-refractivity contribution in [3.05, 3.63) is 22.9 Å². The standard InChI is InChI=1S/C9H14BrN3/c1-7(11-2)4-13-9-3-8(10)5-12-6-9/h3,5-7,11,13H,4H2,1-2H3. The summed E-state index contributed by atoms with van der Waals surface area (Å²) in [4.78, 5) is 4.06. The van der Waals surface area contributed by atoms with Gasteiger partial charge in [0.25, 0.3) is 0 Å². The summed E-state index contributed by atoms with van der Waals surface area (Å²) in [6, 6.07) is 2.47. The van der Waals surface area contributed by atoms with Crippen LogP contribution in [0.15, 0.2) is 22.9 Å². The first-order chi connectivity index (χ1) is 6.22. The van der Waals surface area contributed by atoms with Crippen LogP contribution in [-0.2, 0) is 0 Å². The van der Waals surface area contributed by atoms with Gasteiger partial charge in [-0.2, -0.15) is 0 Å². The lowest BCUT2D eigenvalue weighted by Gasteiger charge is -2.12. The van der Waals surface area contributed by atoms with Crippen molar-refractivity contribution >= 4 is 21.6 Å². The zero-order valence-corrected chi connectivity index (χ0v) is 9.43. The topological polar surface area (TPSA) is 37.0 Å². The van der Waals surface area contributed by atoms with Crippen LogP contribution in [0.2, 0.25) is 0 Å². The van der Waals surface area contributed by atoms with Crippen LogP contribution in [0.1, 0.15) is 6.92 Å². The number of nitrogens with one attached hydrogen (secondary N) is 2. The van der Waals surface area contributed by atoms with E-state index in [1.54, 1.807) is 6.20 Å². The van der Waals surface area contributed by atoms with Gasteiger partial charge in [0.05, 0.1) is 11.9 Å². The van der Waals surface area contributed by atoms with E-state index in [1.807, 2.05) is 19.3 Å². The smallest absolute Gasteiger partial charge is 0.0538 e. The summed E-state index contributed by atoms with van der Waals surface area (Å²) in [5, 5.41) is 6.44. The molecular formula is C9H14BrN3. The van der Waals surface area contributed by atoms with Crippen LogP contribution in [0.4, 0.5) is 5.69 Å². The normalized spacial score (nSPS) is 12.5. The summed E-state index contributed by atoms with van der Waals surface area (Å²) in [5.41, 5.74) is 1.04. The first-order valence-corrected chi connectivity index (χ1v) is 5.03. The maximum absolute atomic E-state index is 4.06. The molecule has 0 aliphatic rings. The number of halogens is 1. The van der Waals surface area contributed by atoms with Gasteiger partial charge < -0.3 is 10.6 Å². The van der Waals surface area contributed by atoms with Gasteiger partial charge in [0.2, 0.25) is 0 Å². The summed E-state index contributed by atoms with van der Waals surface area (Å²) < 4.78 is 0.995. The highest BCUT2D eigenvalue weighted by molar-refractivity contribution is 9.10. The molecule has 0 aromatic carbocycles. The van der Waals surface area contributed by atoms with Crippen molar-refractivity contribution in [2.45, 2.75) is 13.0 Å². The lowest BCUT2D eigenvalue weighted by atomic mass is 10.3. The quantitative estimate of drug-likeness (QED) is 0.848. The number of hydrogen-bond donors (Lipinski definition) is 2. The molecule has 0 saturated carbocycles. The zero-order chi connectivity index (χ0) is 9.68. The highest BCUT2D eigenvalue weighted by Gasteiger charge is 1.97. The van der Waals surface area contributed by atoms with Crippen LogP contribution in [0.3, 0.4) is 0 Å². The van der Waals surface area contributed by atoms with E-state index in [2.05, 4.69) is 38.5 Å². The van der Waals surface area contributed by atoms with E-state index >= 15 is 0 Å². The Kier molecular flexibility index (Phi) is 4.18. The number of aromatic nitrogens is 1. The summed E-state index contributed by atoms with van der Waals surface area (Å²) in [6.45, 7) is 3.02. The van der Waals surface area contributed by atoms with Gasteiger partial charge in [-0.05, 0) is 36.0 Å². The molecular weight excluding hydrogens is 230 g/mol. The molecule has 0 amide bonds. The predicted molar refractivity (Wildman–Crippen MR) is 58.9 cm³/mol. The van der Waals surface area contributed by atoms with Gasteiger partial charge in [0.1, 0.15) is 0 Å². The van der Waals surface area contributed by atoms with Crippen molar-refractivity contribution in [2.24, 2.45) is 0 Å². The van der Waals surface area contributed by atoms with E-state index in [0.717, 1.165) is 16.7 Å². The number of pyridine rings is 1. The average molecular weight is 244 g/mol. The van der Waals surface area contributed by atoms with Gasteiger partial charge in [-0.25, -0.2) is 0 Å². The van der Waals surface area contributed by atoms with E-state index in [4.69, 9.17) is 0 Å². The Morgan fingerprint density at radius 2 is 2.31 bits per heavy atom. The highest BCUT2D eigenvalue weighted by Crippen LogP contribution is 2.13. The Hall–Kier alpha value is -0.610. The van der Waals surface area contributed by atoms with Gasteiger partial charge in [-0.1, -0.05) is 0 Å². The third kappa shape index (κ3) is 3.74. The molecule has 0 bridgehead atoms. The summed E-state index contributed by atoms with van der Waals surface area (Å²) in [7, 11) is 1.95. The van der Waals surface area contributed by atoms with Gasteiger partial charge in [-0.3, -0.25) is 4.98 Å². The highest BCUT2D eigenvalue weighted by atomic mass is 79.9. The van der Waals surface area contributed by atoms with E-state index in [-0.39, 0.29) is 0 Å². The van der Waals surface area contributed by atoms with Crippen LogP contribution in [0.5, 0.6) is 0 Å². The molecule has 0 aliphatic carbocycles. The van der Waals surface area contributed by atoms with Gasteiger partial charge in [-0.15, -0.1) is 0 Å². The Morgan fingerprint density at radius 3 is 2.92 bits per heavy atom. The molecule has 1 atom stereocenters. The molecule has 0 fully saturated rings. The molecule has 1 rings (SSSR count). The summed E-state index contributed by atoms with van der Waals surface area (Å²) in [5.74, 6) is 0. The third-order valence-corrected chi connectivity index (χ3v) is 2.24. The summed E-state index contributed by atoms with van der Waals surface area (Å²) >= 11 is 3.37. The van der Waals surface area contributed by atoms with E-state index < -0.39 is 0 Å². The first-order valence-electron chi connectivity index (χ1n) is 4.24. The Labute approximate surface area is 87.1 Å². The zero-order valence-electron chi connectivity index (χ0n) is 7.84. The molecule has 72 valence electrons. The Bertz CT molecular complexity index is 265. The molecule has 4 heteroatoms. The minimum Gasteiger partial charge on any atom is -0.382 e. The lowest BCUT2D eigenvalue weighted by molar-refractivity contribution is 0.638. The number of nitrogens with zero attached hydrogens (tertiary/aromatic N) is 1. The second kappa shape index (κ2) is 5.19. The second-order valence-corrected chi connectivity index (χ2v) is 3.88. The average Bonchev–Trinajstić information content (AvgIpc) is 2.14. The SMILES string of the molecule is CNC(C)CNc1cncc(Br)c1. The van der Waals surface area contributed by atoms with Gasteiger partial charge >= 0.3 is 0 Å². The Balaban J connectivity index is 2.45. The predicted octanol–water partition coefficient (Wildman–Crippen LogP) is 1.86. The maximum atomic E-state index is 4.06. The van der Waals surface area contributed by atoms with Crippen molar-refractivity contribution in [3.63, 3.8) is 0 Å².